The molecule has 1 atom stereocenters. The Morgan fingerprint density at radius 2 is 2.03 bits per heavy atom. The fourth-order valence-corrected chi connectivity index (χ4v) is 4.22. The summed E-state index contributed by atoms with van der Waals surface area (Å²) >= 11 is 6.05. The molecule has 2 heterocycles. The van der Waals surface area contributed by atoms with Gasteiger partial charge in [0.05, 0.1) is 18.2 Å². The highest BCUT2D eigenvalue weighted by Gasteiger charge is 2.44. The second-order valence-corrected chi connectivity index (χ2v) is 8.07. The van der Waals surface area contributed by atoms with Crippen LogP contribution in [0.15, 0.2) is 64.3 Å². The van der Waals surface area contributed by atoms with Gasteiger partial charge in [-0.2, -0.15) is 0 Å². The number of fused-ring (bicyclic) bond motifs is 1. The number of ketones is 1. The molecule has 8 heteroatoms. The molecule has 172 valence electrons. The Hall–Kier alpha value is -3.29. The minimum Gasteiger partial charge on any atom is -0.503 e. The van der Waals surface area contributed by atoms with Crippen LogP contribution in [-0.2, 0) is 9.53 Å². The Kier molecular flexibility index (Phi) is 6.72. The standard InChI is InChI=1S/C25H24ClNO6/c1-3-32-18-7-4-6-15(13-18)22-21(24(29)25(30)27(22)10-5-11-31-2)23(28)20-14-16-12-17(26)8-9-19(16)33-20/h4,6-9,12-14,22,29H,3,5,10-11H2,1-2H3. The molecule has 3 aromatic rings. The Morgan fingerprint density at radius 1 is 1.21 bits per heavy atom. The fraction of sp³-hybridized carbons (Fsp3) is 0.280. The van der Waals surface area contributed by atoms with Gasteiger partial charge in [-0.3, -0.25) is 9.59 Å². The third kappa shape index (κ3) is 4.47. The molecular formula is C25H24ClNO6. The molecule has 0 bridgehead atoms. The number of ether oxygens (including phenoxy) is 2. The molecule has 1 aromatic heterocycles. The molecule has 2 aromatic carbocycles. The van der Waals surface area contributed by atoms with Gasteiger partial charge in [0.25, 0.3) is 5.91 Å². The quantitative estimate of drug-likeness (QED) is 0.346. The van der Waals surface area contributed by atoms with Crippen molar-refractivity contribution in [1.82, 2.24) is 4.90 Å². The van der Waals surface area contributed by atoms with Gasteiger partial charge in [-0.25, -0.2) is 0 Å². The predicted molar refractivity (Wildman–Crippen MR) is 124 cm³/mol. The molecule has 0 saturated carbocycles. The summed E-state index contributed by atoms with van der Waals surface area (Å²) in [5, 5.41) is 11.9. The van der Waals surface area contributed by atoms with E-state index in [1.807, 2.05) is 6.92 Å². The van der Waals surface area contributed by atoms with Gasteiger partial charge in [-0.15, -0.1) is 0 Å². The maximum absolute atomic E-state index is 13.5. The predicted octanol–water partition coefficient (Wildman–Crippen LogP) is 5.10. The van der Waals surface area contributed by atoms with Crippen LogP contribution in [0.4, 0.5) is 0 Å². The number of methoxy groups -OCH3 is 1. The zero-order chi connectivity index (χ0) is 23.5. The van der Waals surface area contributed by atoms with E-state index in [4.69, 9.17) is 25.5 Å². The Morgan fingerprint density at radius 3 is 2.79 bits per heavy atom. The summed E-state index contributed by atoms with van der Waals surface area (Å²) in [6, 6.07) is 13.0. The molecule has 1 aliphatic heterocycles. The number of hydrogen-bond acceptors (Lipinski definition) is 6. The number of Topliss-reactive ketones (excluding diaryl/α,β-unsaturated/α-hetero) is 1. The first-order valence-electron chi connectivity index (χ1n) is 10.6. The lowest BCUT2D eigenvalue weighted by atomic mass is 9.94. The van der Waals surface area contributed by atoms with Crippen molar-refractivity contribution in [1.29, 1.82) is 0 Å². The molecule has 1 amide bonds. The number of nitrogens with zero attached hydrogens (tertiary/aromatic N) is 1. The summed E-state index contributed by atoms with van der Waals surface area (Å²) in [6.45, 7) is 3.08. The lowest BCUT2D eigenvalue weighted by Gasteiger charge is -2.27. The van der Waals surface area contributed by atoms with Crippen LogP contribution in [-0.4, -0.2) is 48.6 Å². The molecule has 0 saturated heterocycles. The number of aliphatic hydroxyl groups excluding tert-OH is 1. The van der Waals surface area contributed by atoms with Gasteiger partial charge in [0.1, 0.15) is 11.3 Å². The lowest BCUT2D eigenvalue weighted by molar-refractivity contribution is -0.129. The van der Waals surface area contributed by atoms with E-state index < -0.39 is 23.5 Å². The van der Waals surface area contributed by atoms with E-state index in [1.165, 1.54) is 4.90 Å². The molecular weight excluding hydrogens is 446 g/mol. The van der Waals surface area contributed by atoms with Crippen molar-refractivity contribution < 1.29 is 28.6 Å². The number of aliphatic hydroxyl groups is 1. The highest BCUT2D eigenvalue weighted by Crippen LogP contribution is 2.40. The number of hydrogen-bond donors (Lipinski definition) is 1. The van der Waals surface area contributed by atoms with E-state index in [0.717, 1.165) is 0 Å². The summed E-state index contributed by atoms with van der Waals surface area (Å²) in [5.41, 5.74) is 1.11. The molecule has 4 rings (SSSR count). The molecule has 1 unspecified atom stereocenters. The number of furan rings is 1. The first-order valence-corrected chi connectivity index (χ1v) is 11.0. The smallest absolute Gasteiger partial charge is 0.290 e. The van der Waals surface area contributed by atoms with Crippen molar-refractivity contribution in [3.05, 3.63) is 76.2 Å². The van der Waals surface area contributed by atoms with E-state index in [1.54, 1.807) is 55.6 Å². The molecule has 1 N–H and O–H groups in total. The number of carbonyl (C=O) groups is 2. The van der Waals surface area contributed by atoms with Crippen molar-refractivity contribution >= 4 is 34.3 Å². The SMILES string of the molecule is CCOc1cccc(C2C(C(=O)c3cc4cc(Cl)ccc4o3)=C(O)C(=O)N2CCCOC)c1. The minimum atomic E-state index is -0.793. The Labute approximate surface area is 196 Å². The van der Waals surface area contributed by atoms with Crippen LogP contribution in [0.2, 0.25) is 5.02 Å². The summed E-state index contributed by atoms with van der Waals surface area (Å²) in [5.74, 6) is -1.13. The molecule has 0 radical (unpaired) electrons. The van der Waals surface area contributed by atoms with Crippen LogP contribution >= 0.6 is 11.6 Å². The molecule has 7 nitrogen and oxygen atoms in total. The van der Waals surface area contributed by atoms with Crippen LogP contribution in [0.25, 0.3) is 11.0 Å². The lowest BCUT2D eigenvalue weighted by Crippen LogP contribution is -2.32. The second-order valence-electron chi connectivity index (χ2n) is 7.64. The van der Waals surface area contributed by atoms with Crippen LogP contribution < -0.4 is 4.74 Å². The molecule has 33 heavy (non-hydrogen) atoms. The van der Waals surface area contributed by atoms with Crippen LogP contribution in [0.5, 0.6) is 5.75 Å². The van der Waals surface area contributed by atoms with E-state index in [2.05, 4.69) is 0 Å². The van der Waals surface area contributed by atoms with E-state index in [9.17, 15) is 14.7 Å². The maximum atomic E-state index is 13.5. The largest absolute Gasteiger partial charge is 0.503 e. The summed E-state index contributed by atoms with van der Waals surface area (Å²) in [6.07, 6.45) is 0.543. The number of halogens is 1. The summed E-state index contributed by atoms with van der Waals surface area (Å²) in [7, 11) is 1.58. The van der Waals surface area contributed by atoms with Crippen molar-refractivity contribution in [3.8, 4) is 5.75 Å². The van der Waals surface area contributed by atoms with Crippen molar-refractivity contribution in [2.24, 2.45) is 0 Å². The first kappa shape index (κ1) is 22.9. The second kappa shape index (κ2) is 9.68. The summed E-state index contributed by atoms with van der Waals surface area (Å²) < 4.78 is 16.5. The zero-order valence-corrected chi connectivity index (χ0v) is 19.1. The minimum absolute atomic E-state index is 0.0197. The van der Waals surface area contributed by atoms with Crippen LogP contribution in [0, 0.1) is 0 Å². The zero-order valence-electron chi connectivity index (χ0n) is 18.3. The summed E-state index contributed by atoms with van der Waals surface area (Å²) in [4.78, 5) is 28.0. The highest BCUT2D eigenvalue weighted by atomic mass is 35.5. The van der Waals surface area contributed by atoms with E-state index in [-0.39, 0.29) is 11.3 Å². The number of carbonyl (C=O) groups excluding carboxylic acids is 2. The third-order valence-corrected chi connectivity index (χ3v) is 5.72. The normalized spacial score (nSPS) is 16.2. The van der Waals surface area contributed by atoms with Crippen molar-refractivity contribution in [2.75, 3.05) is 26.9 Å². The Balaban J connectivity index is 1.77. The van der Waals surface area contributed by atoms with Gasteiger partial charge in [0, 0.05) is 30.7 Å². The average molecular weight is 470 g/mol. The first-order chi connectivity index (χ1) is 15.9. The van der Waals surface area contributed by atoms with Gasteiger partial charge in [0.2, 0.25) is 5.78 Å². The van der Waals surface area contributed by atoms with Gasteiger partial charge < -0.3 is 23.9 Å². The fourth-order valence-electron chi connectivity index (χ4n) is 4.04. The van der Waals surface area contributed by atoms with Crippen molar-refractivity contribution in [3.63, 3.8) is 0 Å². The molecule has 0 fully saturated rings. The number of rotatable bonds is 9. The van der Waals surface area contributed by atoms with Crippen LogP contribution in [0.3, 0.4) is 0 Å². The van der Waals surface area contributed by atoms with Gasteiger partial charge in [-0.05, 0) is 55.3 Å². The van der Waals surface area contributed by atoms with Gasteiger partial charge in [0.15, 0.2) is 11.5 Å². The third-order valence-electron chi connectivity index (χ3n) is 5.48. The molecule has 0 spiro atoms. The number of amides is 1. The van der Waals surface area contributed by atoms with E-state index >= 15 is 0 Å². The molecule has 1 aliphatic rings. The topological polar surface area (TPSA) is 89.2 Å². The average Bonchev–Trinajstić information content (AvgIpc) is 3.33. The van der Waals surface area contributed by atoms with Crippen LogP contribution in [0.1, 0.15) is 35.5 Å². The van der Waals surface area contributed by atoms with Gasteiger partial charge >= 0.3 is 0 Å². The monoisotopic (exact) mass is 469 g/mol. The molecule has 0 aliphatic carbocycles. The maximum Gasteiger partial charge on any atom is 0.290 e. The van der Waals surface area contributed by atoms with Crippen molar-refractivity contribution in [2.45, 2.75) is 19.4 Å². The number of benzene rings is 2. The Bertz CT molecular complexity index is 1230. The highest BCUT2D eigenvalue weighted by molar-refractivity contribution is 6.31. The van der Waals surface area contributed by atoms with Gasteiger partial charge in [-0.1, -0.05) is 23.7 Å². The van der Waals surface area contributed by atoms with E-state index in [0.29, 0.717) is 53.5 Å².